The monoisotopic (exact) mass is 643 g/mol. The van der Waals surface area contributed by atoms with Gasteiger partial charge in [-0.3, -0.25) is 19.2 Å². The van der Waals surface area contributed by atoms with Crippen molar-refractivity contribution in [1.82, 2.24) is 20.9 Å². The summed E-state index contributed by atoms with van der Waals surface area (Å²) < 4.78 is 0. The van der Waals surface area contributed by atoms with Gasteiger partial charge in [-0.2, -0.15) is 0 Å². The predicted octanol–water partition coefficient (Wildman–Crippen LogP) is 0.891. The van der Waals surface area contributed by atoms with Crippen molar-refractivity contribution in [3.05, 3.63) is 95.7 Å². The molecule has 3 aromatic carbocycles. The lowest BCUT2D eigenvalue weighted by Gasteiger charge is -2.24. The number of nitrogens with zero attached hydrogens (tertiary/aromatic N) is 1. The highest BCUT2D eigenvalue weighted by atomic mass is 16.4. The average Bonchev–Trinajstić information content (AvgIpc) is 3.43. The molecular weight excluding hydrogens is 610 g/mol. The van der Waals surface area contributed by atoms with Crippen molar-refractivity contribution < 1.29 is 39.3 Å². The van der Waals surface area contributed by atoms with Gasteiger partial charge >= 0.3 is 11.9 Å². The number of para-hydroxylation sites is 1. The Balaban J connectivity index is 1.53. The molecule has 0 aliphatic rings. The number of carbonyl (C=O) groups is 5. The van der Waals surface area contributed by atoms with Gasteiger partial charge in [0, 0.05) is 35.5 Å². The number of hydrogen-bond acceptors (Lipinski definition) is 7. The first-order valence-corrected chi connectivity index (χ1v) is 14.3. The summed E-state index contributed by atoms with van der Waals surface area (Å²) in [7, 11) is 0. The normalized spacial score (nSPS) is 12.7. The molecule has 0 bridgehead atoms. The topological polar surface area (TPSA) is 262 Å². The summed E-state index contributed by atoms with van der Waals surface area (Å²) in [4.78, 5) is 70.7. The van der Waals surface area contributed by atoms with Crippen LogP contribution >= 0.6 is 0 Å². The van der Waals surface area contributed by atoms with Crippen molar-refractivity contribution in [3.8, 4) is 5.75 Å². The smallest absolute Gasteiger partial charge is 0.326 e. The Morgan fingerprint density at radius 2 is 1.40 bits per heavy atom. The Bertz CT molecular complexity index is 1800. The molecule has 244 valence electrons. The van der Waals surface area contributed by atoms with Crippen LogP contribution < -0.4 is 27.4 Å². The number of aliphatic imine (C=N–C) groups is 1. The second kappa shape index (κ2) is 15.1. The van der Waals surface area contributed by atoms with Gasteiger partial charge < -0.3 is 47.7 Å². The quantitative estimate of drug-likeness (QED) is 0.0692. The largest absolute Gasteiger partial charge is 0.508 e. The molecule has 1 unspecified atom stereocenters. The number of carboxylic acids is 2. The highest BCUT2D eigenvalue weighted by molar-refractivity contribution is 5.99. The molecule has 15 nitrogen and oxygen atoms in total. The SMILES string of the molecule is NC(N)=Nc1ccc(C(=O)NC(Cc2ccc(O)cc2)C(=O)N[C@@H](CC(=O)O)C(=O)N[C@H](Cc2c[nH]c3ccccc23)C(=O)O)cc1. The van der Waals surface area contributed by atoms with Gasteiger partial charge in [-0.25, -0.2) is 9.79 Å². The first kappa shape index (κ1) is 33.5. The standard InChI is InChI=1S/C32H33N7O8/c33-32(34)36-20-9-7-18(8-10-20)28(43)37-24(13-17-5-11-21(40)12-6-17)29(44)38-25(15-27(41)42)30(45)39-26(31(46)47)14-19-16-35-23-4-2-1-3-22(19)23/h1-12,16,24-26,35,40H,13-15H2,(H,37,43)(H,38,44)(H,39,45)(H,41,42)(H,46,47)(H4,33,34,36)/t24?,25-,26+/m0/s1. The van der Waals surface area contributed by atoms with E-state index in [1.54, 1.807) is 30.5 Å². The van der Waals surface area contributed by atoms with E-state index in [1.165, 1.54) is 48.5 Å². The fraction of sp³-hybridized carbons (Fsp3) is 0.188. The van der Waals surface area contributed by atoms with Crippen molar-refractivity contribution in [2.45, 2.75) is 37.4 Å². The highest BCUT2D eigenvalue weighted by Gasteiger charge is 2.32. The lowest BCUT2D eigenvalue weighted by atomic mass is 10.0. The van der Waals surface area contributed by atoms with E-state index in [9.17, 15) is 39.3 Å². The molecule has 0 spiro atoms. The first-order chi connectivity index (χ1) is 22.4. The molecule has 0 saturated heterocycles. The Kier molecular flexibility index (Phi) is 10.7. The van der Waals surface area contributed by atoms with Crippen LogP contribution in [0, 0.1) is 0 Å². The Morgan fingerprint density at radius 1 is 0.766 bits per heavy atom. The summed E-state index contributed by atoms with van der Waals surface area (Å²) in [5.41, 5.74) is 13.2. The maximum absolute atomic E-state index is 13.6. The van der Waals surface area contributed by atoms with Crippen LogP contribution in [-0.2, 0) is 32.0 Å². The third-order valence-corrected chi connectivity index (χ3v) is 7.11. The number of amides is 3. The Hall–Kier alpha value is -6.38. The van der Waals surface area contributed by atoms with Crippen LogP contribution in [-0.4, -0.2) is 74.0 Å². The fourth-order valence-corrected chi connectivity index (χ4v) is 4.80. The number of rotatable bonds is 14. The lowest BCUT2D eigenvalue weighted by Crippen LogP contribution is -2.57. The van der Waals surface area contributed by atoms with Crippen LogP contribution in [0.1, 0.15) is 27.9 Å². The van der Waals surface area contributed by atoms with Gasteiger partial charge in [0.2, 0.25) is 11.8 Å². The van der Waals surface area contributed by atoms with Gasteiger partial charge in [-0.1, -0.05) is 30.3 Å². The number of H-pyrrole nitrogens is 1. The van der Waals surface area contributed by atoms with Crippen LogP contribution in [0.2, 0.25) is 0 Å². The zero-order chi connectivity index (χ0) is 34.1. The number of guanidine groups is 1. The first-order valence-electron chi connectivity index (χ1n) is 14.3. The van der Waals surface area contributed by atoms with E-state index < -0.39 is 54.2 Å². The molecule has 1 heterocycles. The molecular formula is C32H33N7O8. The molecule has 11 N–H and O–H groups in total. The number of phenolic OH excluding ortho intramolecular Hbond substituents is 1. The number of aromatic hydroxyl groups is 1. The number of carboxylic acid groups (broad SMARTS) is 2. The summed E-state index contributed by atoms with van der Waals surface area (Å²) in [6, 6.07) is 14.3. The zero-order valence-corrected chi connectivity index (χ0v) is 24.8. The number of fused-ring (bicyclic) bond motifs is 1. The third kappa shape index (κ3) is 9.31. The number of benzene rings is 3. The summed E-state index contributed by atoms with van der Waals surface area (Å²) in [6.07, 6.45) is 0.515. The molecule has 4 aromatic rings. The van der Waals surface area contributed by atoms with Gasteiger partial charge in [-0.05, 0) is 53.6 Å². The third-order valence-electron chi connectivity index (χ3n) is 7.11. The number of aromatic nitrogens is 1. The van der Waals surface area contributed by atoms with Gasteiger partial charge in [0.05, 0.1) is 12.1 Å². The molecule has 0 radical (unpaired) electrons. The molecule has 15 heteroatoms. The van der Waals surface area contributed by atoms with Crippen LogP contribution in [0.15, 0.2) is 84.0 Å². The second-order valence-corrected chi connectivity index (χ2v) is 10.6. The van der Waals surface area contributed by atoms with E-state index in [-0.39, 0.29) is 30.1 Å². The number of nitrogens with one attached hydrogen (secondary N) is 4. The van der Waals surface area contributed by atoms with Crippen LogP contribution in [0.5, 0.6) is 5.75 Å². The minimum Gasteiger partial charge on any atom is -0.508 e. The van der Waals surface area contributed by atoms with Gasteiger partial charge in [0.15, 0.2) is 5.96 Å². The minimum absolute atomic E-state index is 0.0292. The van der Waals surface area contributed by atoms with Crippen molar-refractivity contribution in [1.29, 1.82) is 0 Å². The molecule has 47 heavy (non-hydrogen) atoms. The second-order valence-electron chi connectivity index (χ2n) is 10.6. The molecule has 0 saturated carbocycles. The van der Waals surface area contributed by atoms with Gasteiger partial charge in [-0.15, -0.1) is 0 Å². The Morgan fingerprint density at radius 3 is 2.04 bits per heavy atom. The van der Waals surface area contributed by atoms with Crippen molar-refractivity contribution in [2.24, 2.45) is 16.5 Å². The van der Waals surface area contributed by atoms with E-state index in [0.717, 1.165) is 10.9 Å². The number of nitrogens with two attached hydrogens (primary N) is 2. The number of aromatic amines is 1. The van der Waals surface area contributed by atoms with Crippen molar-refractivity contribution in [2.75, 3.05) is 0 Å². The summed E-state index contributed by atoms with van der Waals surface area (Å²) in [5, 5.41) is 37.1. The van der Waals surface area contributed by atoms with Gasteiger partial charge in [0.1, 0.15) is 23.9 Å². The number of phenols is 1. The van der Waals surface area contributed by atoms with Crippen LogP contribution in [0.3, 0.4) is 0 Å². The highest BCUT2D eigenvalue weighted by Crippen LogP contribution is 2.20. The van der Waals surface area contributed by atoms with Crippen molar-refractivity contribution >= 4 is 52.2 Å². The van der Waals surface area contributed by atoms with Crippen LogP contribution in [0.25, 0.3) is 10.9 Å². The predicted molar refractivity (Wildman–Crippen MR) is 171 cm³/mol. The fourth-order valence-electron chi connectivity index (χ4n) is 4.80. The van der Waals surface area contributed by atoms with Crippen LogP contribution in [0.4, 0.5) is 5.69 Å². The van der Waals surface area contributed by atoms with Gasteiger partial charge in [0.25, 0.3) is 5.91 Å². The van der Waals surface area contributed by atoms with Crippen molar-refractivity contribution in [3.63, 3.8) is 0 Å². The van der Waals surface area contributed by atoms with E-state index in [1.807, 2.05) is 0 Å². The van der Waals surface area contributed by atoms with E-state index in [4.69, 9.17) is 11.5 Å². The maximum atomic E-state index is 13.6. The average molecular weight is 644 g/mol. The molecule has 3 atom stereocenters. The van der Waals surface area contributed by atoms with E-state index in [0.29, 0.717) is 16.8 Å². The molecule has 0 aliphatic carbocycles. The number of aliphatic carboxylic acids is 2. The summed E-state index contributed by atoms with van der Waals surface area (Å²) >= 11 is 0. The molecule has 4 rings (SSSR count). The minimum atomic E-state index is -1.69. The Labute approximate surface area is 267 Å². The summed E-state index contributed by atoms with van der Waals surface area (Å²) in [6.45, 7) is 0. The number of carbonyl (C=O) groups excluding carboxylic acids is 3. The van der Waals surface area contributed by atoms with E-state index in [2.05, 4.69) is 25.9 Å². The molecule has 0 aliphatic heterocycles. The number of hydrogen-bond donors (Lipinski definition) is 9. The molecule has 3 amide bonds. The summed E-state index contributed by atoms with van der Waals surface area (Å²) in [5.74, 6) is -5.64. The maximum Gasteiger partial charge on any atom is 0.326 e. The molecule has 0 fully saturated rings. The molecule has 1 aromatic heterocycles. The van der Waals surface area contributed by atoms with E-state index >= 15 is 0 Å². The lowest BCUT2D eigenvalue weighted by molar-refractivity contribution is -0.143. The zero-order valence-electron chi connectivity index (χ0n) is 24.8.